The van der Waals surface area contributed by atoms with E-state index in [1.807, 2.05) is 30.6 Å². The van der Waals surface area contributed by atoms with E-state index in [4.69, 9.17) is 15.7 Å². The molecular weight excluding hydrogens is 450 g/mol. The summed E-state index contributed by atoms with van der Waals surface area (Å²) < 4.78 is 4.16. The number of rotatable bonds is 6. The van der Waals surface area contributed by atoms with Crippen LogP contribution in [0.4, 0.5) is 5.82 Å². The topological polar surface area (TPSA) is 122 Å². The summed E-state index contributed by atoms with van der Waals surface area (Å²) in [6.45, 7) is 9.61. The molecule has 1 fully saturated rings. The number of nitrogens with one attached hydrogen (secondary N) is 2. The number of hydrogen-bond donors (Lipinski definition) is 3. The first kappa shape index (κ1) is 24.0. The van der Waals surface area contributed by atoms with E-state index in [1.165, 1.54) is 0 Å². The van der Waals surface area contributed by atoms with Gasteiger partial charge in [0.15, 0.2) is 0 Å². The smallest absolute Gasteiger partial charge is 0.236 e. The molecule has 1 aliphatic heterocycles. The lowest BCUT2D eigenvalue weighted by Gasteiger charge is -2.22. The van der Waals surface area contributed by atoms with Crippen LogP contribution in [0.1, 0.15) is 50.9 Å². The first-order valence-electron chi connectivity index (χ1n) is 12.5. The predicted molar refractivity (Wildman–Crippen MR) is 142 cm³/mol. The summed E-state index contributed by atoms with van der Waals surface area (Å²) in [6.07, 6.45) is 7.99. The van der Waals surface area contributed by atoms with Gasteiger partial charge >= 0.3 is 0 Å². The molecule has 186 valence electrons. The summed E-state index contributed by atoms with van der Waals surface area (Å²) in [4.78, 5) is 9.81. The molecule has 0 atom stereocenters. The number of piperidine rings is 1. The quantitative estimate of drug-likeness (QED) is 0.382. The van der Waals surface area contributed by atoms with Gasteiger partial charge in [0.2, 0.25) is 5.95 Å². The maximum absolute atomic E-state index is 9.38. The van der Waals surface area contributed by atoms with Crippen molar-refractivity contribution in [1.82, 2.24) is 29.6 Å². The number of nitrogens with two attached hydrogens (primary N) is 1. The molecule has 36 heavy (non-hydrogen) atoms. The predicted octanol–water partition coefficient (Wildman–Crippen LogP) is 3.75. The standard InChI is InChI=1S/C27H33N9/c1-27(2,3)24-13-19-12-18(14-29)4-5-23(19)36(24)26-32-16-22(25(34-26)31-11-8-28)20-15-33-35(17-20)21-6-9-30-10-7-21/h4-5,12-13,15-17,21,30H,6-11,28H2,1-3H3,(H,31,32,34). The minimum absolute atomic E-state index is 0.158. The zero-order valence-corrected chi connectivity index (χ0v) is 21.1. The Morgan fingerprint density at radius 3 is 2.72 bits per heavy atom. The van der Waals surface area contributed by atoms with Gasteiger partial charge in [0.1, 0.15) is 5.82 Å². The Kier molecular flexibility index (Phi) is 6.48. The second kappa shape index (κ2) is 9.72. The molecule has 0 amide bonds. The molecule has 0 radical (unpaired) electrons. The van der Waals surface area contributed by atoms with Crippen LogP contribution in [0.15, 0.2) is 42.9 Å². The van der Waals surface area contributed by atoms with Crippen LogP contribution in [0.2, 0.25) is 0 Å². The Balaban J connectivity index is 1.61. The zero-order valence-electron chi connectivity index (χ0n) is 21.1. The maximum atomic E-state index is 9.38. The number of fused-ring (bicyclic) bond motifs is 1. The van der Waals surface area contributed by atoms with Gasteiger partial charge in [0.05, 0.1) is 29.4 Å². The van der Waals surface area contributed by atoms with Crippen LogP contribution in [0, 0.1) is 11.3 Å². The fourth-order valence-electron chi connectivity index (χ4n) is 4.82. The second-order valence-corrected chi connectivity index (χ2v) is 10.3. The van der Waals surface area contributed by atoms with Crippen LogP contribution in [-0.2, 0) is 5.41 Å². The average molecular weight is 484 g/mol. The van der Waals surface area contributed by atoms with E-state index in [9.17, 15) is 5.26 Å². The third-order valence-corrected chi connectivity index (χ3v) is 6.71. The number of anilines is 1. The Morgan fingerprint density at radius 1 is 1.19 bits per heavy atom. The highest BCUT2D eigenvalue weighted by atomic mass is 15.3. The first-order valence-corrected chi connectivity index (χ1v) is 12.5. The van der Waals surface area contributed by atoms with E-state index in [0.29, 0.717) is 30.6 Å². The Labute approximate surface area is 211 Å². The third kappa shape index (κ3) is 4.57. The fraction of sp³-hybridized carbons (Fsp3) is 0.407. The fourth-order valence-corrected chi connectivity index (χ4v) is 4.82. The van der Waals surface area contributed by atoms with Gasteiger partial charge in [-0.3, -0.25) is 9.25 Å². The Hall–Kier alpha value is -3.74. The van der Waals surface area contributed by atoms with Gasteiger partial charge in [-0.2, -0.15) is 15.3 Å². The summed E-state index contributed by atoms with van der Waals surface area (Å²) in [5.74, 6) is 1.30. The highest BCUT2D eigenvalue weighted by Gasteiger charge is 2.24. The van der Waals surface area contributed by atoms with Crippen LogP contribution in [-0.4, -0.2) is 50.5 Å². The van der Waals surface area contributed by atoms with Crippen molar-refractivity contribution in [3.63, 3.8) is 0 Å². The van der Waals surface area contributed by atoms with Crippen molar-refractivity contribution in [2.24, 2.45) is 5.73 Å². The zero-order chi connectivity index (χ0) is 25.3. The Morgan fingerprint density at radius 2 is 2.00 bits per heavy atom. The molecule has 3 aromatic heterocycles. The molecule has 0 unspecified atom stereocenters. The molecule has 5 rings (SSSR count). The summed E-state index contributed by atoms with van der Waals surface area (Å²) in [7, 11) is 0. The van der Waals surface area contributed by atoms with E-state index in [1.54, 1.807) is 0 Å². The highest BCUT2D eigenvalue weighted by molar-refractivity contribution is 5.85. The molecule has 0 bridgehead atoms. The molecule has 9 nitrogen and oxygen atoms in total. The summed E-state index contributed by atoms with van der Waals surface area (Å²) in [5, 5.41) is 21.8. The molecule has 1 aliphatic rings. The van der Waals surface area contributed by atoms with E-state index in [-0.39, 0.29) is 5.41 Å². The van der Waals surface area contributed by atoms with Crippen LogP contribution in [0.3, 0.4) is 0 Å². The van der Waals surface area contributed by atoms with Crippen molar-refractivity contribution in [2.75, 3.05) is 31.5 Å². The molecule has 0 saturated carbocycles. The average Bonchev–Trinajstić information content (AvgIpc) is 3.53. The lowest BCUT2D eigenvalue weighted by atomic mass is 9.92. The molecular formula is C27H33N9. The number of benzene rings is 1. The molecule has 4 aromatic rings. The molecule has 0 aliphatic carbocycles. The Bertz CT molecular complexity index is 1410. The third-order valence-electron chi connectivity index (χ3n) is 6.71. The van der Waals surface area contributed by atoms with Crippen molar-refractivity contribution in [3.05, 3.63) is 54.1 Å². The summed E-state index contributed by atoms with van der Waals surface area (Å²) >= 11 is 0. The number of nitriles is 1. The summed E-state index contributed by atoms with van der Waals surface area (Å²) in [5.41, 5.74) is 10.2. The van der Waals surface area contributed by atoms with Gasteiger partial charge in [0, 0.05) is 53.1 Å². The molecule has 0 spiro atoms. The van der Waals surface area contributed by atoms with Crippen molar-refractivity contribution in [1.29, 1.82) is 5.26 Å². The molecule has 4 heterocycles. The van der Waals surface area contributed by atoms with Gasteiger partial charge in [-0.1, -0.05) is 20.8 Å². The molecule has 1 saturated heterocycles. The SMILES string of the molecule is CC(C)(C)c1cc2cc(C#N)ccc2n1-c1ncc(-c2cnn(C3CCNCC3)c2)c(NCCN)n1. The van der Waals surface area contributed by atoms with Crippen LogP contribution in [0.5, 0.6) is 0 Å². The lowest BCUT2D eigenvalue weighted by molar-refractivity contribution is 0.343. The van der Waals surface area contributed by atoms with E-state index in [2.05, 4.69) is 64.1 Å². The van der Waals surface area contributed by atoms with E-state index in [0.717, 1.165) is 59.5 Å². The van der Waals surface area contributed by atoms with Gasteiger partial charge in [0.25, 0.3) is 0 Å². The van der Waals surface area contributed by atoms with Crippen molar-refractivity contribution < 1.29 is 0 Å². The van der Waals surface area contributed by atoms with Crippen molar-refractivity contribution in [2.45, 2.75) is 45.1 Å². The van der Waals surface area contributed by atoms with Crippen molar-refractivity contribution in [3.8, 4) is 23.1 Å². The largest absolute Gasteiger partial charge is 0.368 e. The van der Waals surface area contributed by atoms with E-state index < -0.39 is 0 Å². The molecule has 1 aromatic carbocycles. The van der Waals surface area contributed by atoms with Gasteiger partial charge < -0.3 is 16.4 Å². The number of nitrogens with zero attached hydrogens (tertiary/aromatic N) is 6. The maximum Gasteiger partial charge on any atom is 0.236 e. The normalized spacial score (nSPS) is 14.8. The van der Waals surface area contributed by atoms with E-state index >= 15 is 0 Å². The minimum Gasteiger partial charge on any atom is -0.368 e. The van der Waals surface area contributed by atoms with Crippen LogP contribution >= 0.6 is 0 Å². The van der Waals surface area contributed by atoms with Gasteiger partial charge in [-0.25, -0.2) is 4.98 Å². The molecule has 4 N–H and O–H groups in total. The number of aromatic nitrogens is 5. The van der Waals surface area contributed by atoms with Crippen molar-refractivity contribution >= 4 is 16.7 Å². The van der Waals surface area contributed by atoms with Gasteiger partial charge in [-0.05, 0) is 50.2 Å². The first-order chi connectivity index (χ1) is 17.4. The highest BCUT2D eigenvalue weighted by Crippen LogP contribution is 2.34. The minimum atomic E-state index is -0.158. The lowest BCUT2D eigenvalue weighted by Crippen LogP contribution is -2.29. The second-order valence-electron chi connectivity index (χ2n) is 10.3. The van der Waals surface area contributed by atoms with Crippen LogP contribution in [0.25, 0.3) is 28.0 Å². The molecule has 9 heteroatoms. The summed E-state index contributed by atoms with van der Waals surface area (Å²) in [6, 6.07) is 10.5. The van der Waals surface area contributed by atoms with Crippen LogP contribution < -0.4 is 16.4 Å². The number of hydrogen-bond acceptors (Lipinski definition) is 7. The van der Waals surface area contributed by atoms with Gasteiger partial charge in [-0.15, -0.1) is 0 Å². The monoisotopic (exact) mass is 483 g/mol.